The molecule has 3 aliphatic carbocycles. The minimum atomic E-state index is -6.12. The SMILES string of the molecule is CNC1CC(NC(=O)[C@@H]2CCC3c4ccc(C(F)(C(F)(F)F)C(F)(F)F)cc4CCC32)C1. The van der Waals surface area contributed by atoms with Gasteiger partial charge in [0.1, 0.15) is 0 Å². The van der Waals surface area contributed by atoms with Crippen molar-refractivity contribution in [2.75, 3.05) is 7.05 Å². The number of carbonyl (C=O) groups is 1. The van der Waals surface area contributed by atoms with Gasteiger partial charge in [-0.1, -0.05) is 18.2 Å². The van der Waals surface area contributed by atoms with Crippen molar-refractivity contribution in [2.45, 2.75) is 74.5 Å². The first-order valence-electron chi connectivity index (χ1n) is 10.8. The number of halogens is 7. The van der Waals surface area contributed by atoms with Crippen LogP contribution in [0.1, 0.15) is 54.7 Å². The molecule has 0 radical (unpaired) electrons. The van der Waals surface area contributed by atoms with Crippen LogP contribution in [0.25, 0.3) is 0 Å². The normalized spacial score (nSPS) is 30.3. The maximum atomic E-state index is 14.5. The number of carbonyl (C=O) groups excluding carboxylic acids is 1. The molecule has 1 aromatic carbocycles. The second kappa shape index (κ2) is 7.88. The van der Waals surface area contributed by atoms with Gasteiger partial charge in [0.05, 0.1) is 0 Å². The lowest BCUT2D eigenvalue weighted by Gasteiger charge is -2.37. The Morgan fingerprint density at radius 3 is 2.19 bits per heavy atom. The van der Waals surface area contributed by atoms with E-state index in [1.54, 1.807) is 0 Å². The molecule has 3 nitrogen and oxygen atoms in total. The summed E-state index contributed by atoms with van der Waals surface area (Å²) in [6, 6.07) is 3.02. The highest BCUT2D eigenvalue weighted by Gasteiger charge is 2.73. The highest BCUT2D eigenvalue weighted by molar-refractivity contribution is 5.80. The van der Waals surface area contributed by atoms with Crippen molar-refractivity contribution in [3.8, 4) is 0 Å². The summed E-state index contributed by atoms with van der Waals surface area (Å²) in [5.74, 6) is -0.407. The Kier molecular flexibility index (Phi) is 5.75. The van der Waals surface area contributed by atoms with Crippen LogP contribution >= 0.6 is 0 Å². The monoisotopic (exact) mass is 466 g/mol. The molecule has 3 aliphatic rings. The number of benzene rings is 1. The molecule has 4 rings (SSSR count). The number of hydrogen-bond acceptors (Lipinski definition) is 2. The van der Waals surface area contributed by atoms with Crippen LogP contribution in [0.15, 0.2) is 18.2 Å². The van der Waals surface area contributed by atoms with Crippen LogP contribution in [0.3, 0.4) is 0 Å². The van der Waals surface area contributed by atoms with E-state index in [9.17, 15) is 35.5 Å². The van der Waals surface area contributed by atoms with Crippen molar-refractivity contribution < 1.29 is 35.5 Å². The molecule has 2 fully saturated rings. The fraction of sp³-hybridized carbons (Fsp3) is 0.682. The van der Waals surface area contributed by atoms with Crippen LogP contribution in [0.5, 0.6) is 0 Å². The highest BCUT2D eigenvalue weighted by Crippen LogP contribution is 2.55. The number of nitrogens with one attached hydrogen (secondary N) is 2. The minimum Gasteiger partial charge on any atom is -0.353 e. The fourth-order valence-electron chi connectivity index (χ4n) is 5.67. The minimum absolute atomic E-state index is 0.0195. The first-order valence-corrected chi connectivity index (χ1v) is 10.8. The van der Waals surface area contributed by atoms with Gasteiger partial charge in [-0.05, 0) is 68.5 Å². The molecule has 3 atom stereocenters. The lowest BCUT2D eigenvalue weighted by atomic mass is 9.73. The van der Waals surface area contributed by atoms with Crippen LogP contribution in [-0.4, -0.2) is 37.4 Å². The molecule has 1 amide bonds. The van der Waals surface area contributed by atoms with Crippen molar-refractivity contribution in [2.24, 2.45) is 11.8 Å². The summed E-state index contributed by atoms with van der Waals surface area (Å²) in [4.78, 5) is 12.8. The molecule has 0 bridgehead atoms. The van der Waals surface area contributed by atoms with E-state index in [4.69, 9.17) is 0 Å². The van der Waals surface area contributed by atoms with E-state index in [1.807, 2.05) is 7.05 Å². The Labute approximate surface area is 181 Å². The quantitative estimate of drug-likeness (QED) is 0.620. The van der Waals surface area contributed by atoms with Gasteiger partial charge < -0.3 is 10.6 Å². The highest BCUT2D eigenvalue weighted by atomic mass is 19.4. The number of fused-ring (bicyclic) bond motifs is 3. The summed E-state index contributed by atoms with van der Waals surface area (Å²) in [6.07, 6.45) is -8.61. The van der Waals surface area contributed by atoms with E-state index in [-0.39, 0.29) is 36.1 Å². The van der Waals surface area contributed by atoms with Crippen molar-refractivity contribution in [3.05, 3.63) is 34.9 Å². The van der Waals surface area contributed by atoms with Gasteiger partial charge in [0, 0.05) is 23.6 Å². The lowest BCUT2D eigenvalue weighted by molar-refractivity contribution is -0.348. The molecule has 2 N–H and O–H groups in total. The fourth-order valence-corrected chi connectivity index (χ4v) is 5.67. The van der Waals surface area contributed by atoms with Crippen molar-refractivity contribution in [1.29, 1.82) is 0 Å². The van der Waals surface area contributed by atoms with Crippen molar-refractivity contribution in [3.63, 3.8) is 0 Å². The first kappa shape index (κ1) is 23.3. The molecule has 0 aromatic heterocycles. The Hall–Kier alpha value is -1.84. The van der Waals surface area contributed by atoms with Gasteiger partial charge in [0.2, 0.25) is 5.91 Å². The average Bonchev–Trinajstić information content (AvgIpc) is 3.12. The molecule has 2 saturated carbocycles. The Morgan fingerprint density at radius 2 is 1.59 bits per heavy atom. The van der Waals surface area contributed by atoms with E-state index in [0.29, 0.717) is 48.6 Å². The van der Waals surface area contributed by atoms with Gasteiger partial charge in [-0.15, -0.1) is 0 Å². The largest absolute Gasteiger partial charge is 0.435 e. The third-order valence-corrected chi connectivity index (χ3v) is 7.52. The predicted octanol–water partition coefficient (Wildman–Crippen LogP) is 4.90. The van der Waals surface area contributed by atoms with Crippen LogP contribution in [-0.2, 0) is 16.9 Å². The van der Waals surface area contributed by atoms with Crippen LogP contribution in [0, 0.1) is 11.8 Å². The molecule has 10 heteroatoms. The molecule has 0 saturated heterocycles. The van der Waals surface area contributed by atoms with E-state index in [1.165, 1.54) is 6.07 Å². The van der Waals surface area contributed by atoms with Crippen molar-refractivity contribution in [1.82, 2.24) is 10.6 Å². The smallest absolute Gasteiger partial charge is 0.353 e. The van der Waals surface area contributed by atoms with E-state index < -0.39 is 23.6 Å². The summed E-state index contributed by atoms with van der Waals surface area (Å²) in [6.45, 7) is 0. The van der Waals surface area contributed by atoms with E-state index >= 15 is 0 Å². The van der Waals surface area contributed by atoms with Crippen LogP contribution < -0.4 is 10.6 Å². The number of amides is 1. The van der Waals surface area contributed by atoms with Gasteiger partial charge in [0.15, 0.2) is 0 Å². The topological polar surface area (TPSA) is 41.1 Å². The average molecular weight is 466 g/mol. The summed E-state index contributed by atoms with van der Waals surface area (Å²) in [5, 5.41) is 6.21. The molecule has 0 spiro atoms. The summed E-state index contributed by atoms with van der Waals surface area (Å²) < 4.78 is 93.1. The molecule has 178 valence electrons. The standard InChI is InChI=1S/C22H25F7N2O/c1-30-13-9-14(10-13)31-19(32)18-7-6-16-15-5-3-12(8-11(15)2-4-17(16)18)20(23,21(24,25)26)22(27,28)29/h3,5,8,13-14,16-18,30H,2,4,6-7,9-10H2,1H3,(H,31,32)/t13?,14?,16?,17?,18-/m1/s1. The third-order valence-electron chi connectivity index (χ3n) is 7.52. The van der Waals surface area contributed by atoms with Gasteiger partial charge in [0.25, 0.3) is 0 Å². The summed E-state index contributed by atoms with van der Waals surface area (Å²) in [5.41, 5.74) is -5.93. The number of hydrogen-bond donors (Lipinski definition) is 2. The van der Waals surface area contributed by atoms with Gasteiger partial charge in [-0.3, -0.25) is 4.79 Å². The second-order valence-corrected chi connectivity index (χ2v) is 9.22. The van der Waals surface area contributed by atoms with Gasteiger partial charge in [-0.25, -0.2) is 4.39 Å². The molecule has 0 heterocycles. The van der Waals surface area contributed by atoms with Gasteiger partial charge >= 0.3 is 18.0 Å². The van der Waals surface area contributed by atoms with Crippen molar-refractivity contribution >= 4 is 5.91 Å². The Bertz CT molecular complexity index is 862. The maximum Gasteiger partial charge on any atom is 0.435 e. The van der Waals surface area contributed by atoms with Gasteiger partial charge in [-0.2, -0.15) is 26.3 Å². The van der Waals surface area contributed by atoms with Crippen LogP contribution in [0.2, 0.25) is 0 Å². The zero-order valence-corrected chi connectivity index (χ0v) is 17.4. The zero-order chi connectivity index (χ0) is 23.5. The molecular weight excluding hydrogens is 441 g/mol. The Morgan fingerprint density at radius 1 is 0.938 bits per heavy atom. The maximum absolute atomic E-state index is 14.5. The molecule has 0 aliphatic heterocycles. The van der Waals surface area contributed by atoms with Crippen LogP contribution in [0.4, 0.5) is 30.7 Å². The predicted molar refractivity (Wildman–Crippen MR) is 103 cm³/mol. The molecule has 32 heavy (non-hydrogen) atoms. The lowest BCUT2D eigenvalue weighted by Crippen LogP contribution is -2.53. The molecule has 2 unspecified atom stereocenters. The zero-order valence-electron chi connectivity index (χ0n) is 17.4. The second-order valence-electron chi connectivity index (χ2n) is 9.22. The Balaban J connectivity index is 1.53. The summed E-state index contributed by atoms with van der Waals surface area (Å²) >= 11 is 0. The van der Waals surface area contributed by atoms with E-state index in [0.717, 1.165) is 12.8 Å². The third kappa shape index (κ3) is 3.68. The molecule has 1 aromatic rings. The number of alkyl halides is 7. The number of rotatable bonds is 4. The molecular formula is C22H25F7N2O. The summed E-state index contributed by atoms with van der Waals surface area (Å²) in [7, 11) is 1.87. The first-order chi connectivity index (χ1) is 14.9. The van der Waals surface area contributed by atoms with E-state index in [2.05, 4.69) is 10.6 Å². The number of aryl methyl sites for hydroxylation is 1.